The highest BCUT2D eigenvalue weighted by atomic mass is 32.2. The van der Waals surface area contributed by atoms with Crippen LogP contribution in [0.1, 0.15) is 31.7 Å². The molecule has 0 radical (unpaired) electrons. The Balaban J connectivity index is 1.85. The van der Waals surface area contributed by atoms with Gasteiger partial charge in [-0.2, -0.15) is 0 Å². The molecule has 3 atom stereocenters. The number of hydrogen-bond acceptors (Lipinski definition) is 5. The van der Waals surface area contributed by atoms with Crippen LogP contribution in [0.15, 0.2) is 29.3 Å². The monoisotopic (exact) mass is 352 g/mol. The second-order valence-electron chi connectivity index (χ2n) is 6.45. The predicted molar refractivity (Wildman–Crippen MR) is 95.7 cm³/mol. The Kier molecular flexibility index (Phi) is 5.79. The number of ether oxygens (including phenoxy) is 2. The zero-order chi connectivity index (χ0) is 17.0. The topological polar surface area (TPSA) is 56.8 Å². The molecule has 1 saturated heterocycles. The minimum absolute atomic E-state index is 0.0858. The standard InChI is InChI=1S/C18H25FN2O2S/c1-2-3-8-22-11-14-9-18(15-6-4-5-7-16(15)19)13(10-23-14)12-24-17(20)21-18/h4-7,13-14H,2-3,8-12H2,1H3,(H2,20,21)/t13-,14+,18?/m0/s1. The molecule has 1 aromatic carbocycles. The molecule has 2 N–H and O–H groups in total. The van der Waals surface area contributed by atoms with Crippen molar-refractivity contribution >= 4 is 16.9 Å². The highest BCUT2D eigenvalue weighted by molar-refractivity contribution is 8.13. The first-order chi connectivity index (χ1) is 11.7. The number of aliphatic imine (C=N–C) groups is 1. The number of hydrogen-bond donors (Lipinski definition) is 1. The molecule has 1 aromatic rings. The summed E-state index contributed by atoms with van der Waals surface area (Å²) in [7, 11) is 0. The van der Waals surface area contributed by atoms with Crippen LogP contribution in [0, 0.1) is 11.7 Å². The van der Waals surface area contributed by atoms with Gasteiger partial charge in [-0.05, 0) is 12.5 Å². The molecule has 0 aliphatic carbocycles. The molecule has 0 bridgehead atoms. The van der Waals surface area contributed by atoms with Crippen molar-refractivity contribution in [3.8, 4) is 0 Å². The van der Waals surface area contributed by atoms with Gasteiger partial charge >= 0.3 is 0 Å². The highest BCUT2D eigenvalue weighted by Crippen LogP contribution is 2.47. The van der Waals surface area contributed by atoms with Gasteiger partial charge < -0.3 is 15.2 Å². The quantitative estimate of drug-likeness (QED) is 0.798. The Labute approximate surface area is 147 Å². The number of rotatable bonds is 6. The van der Waals surface area contributed by atoms with Crippen molar-refractivity contribution in [3.05, 3.63) is 35.6 Å². The summed E-state index contributed by atoms with van der Waals surface area (Å²) in [4.78, 5) is 4.74. The maximum absolute atomic E-state index is 14.6. The number of fused-ring (bicyclic) bond motifs is 1. The highest BCUT2D eigenvalue weighted by Gasteiger charge is 2.49. The van der Waals surface area contributed by atoms with Crippen LogP contribution in [0.25, 0.3) is 0 Å². The van der Waals surface area contributed by atoms with E-state index in [0.29, 0.717) is 30.4 Å². The van der Waals surface area contributed by atoms with E-state index >= 15 is 0 Å². The molecular weight excluding hydrogens is 327 g/mol. The van der Waals surface area contributed by atoms with E-state index in [2.05, 4.69) is 6.92 Å². The van der Waals surface area contributed by atoms with E-state index < -0.39 is 5.54 Å². The van der Waals surface area contributed by atoms with E-state index in [1.165, 1.54) is 17.8 Å². The lowest BCUT2D eigenvalue weighted by Gasteiger charge is -2.46. The zero-order valence-corrected chi connectivity index (χ0v) is 14.9. The lowest BCUT2D eigenvalue weighted by Crippen LogP contribution is -2.50. The summed E-state index contributed by atoms with van der Waals surface area (Å²) in [5, 5.41) is 0.530. The maximum atomic E-state index is 14.6. The molecule has 1 fully saturated rings. The molecule has 0 spiro atoms. The van der Waals surface area contributed by atoms with Crippen LogP contribution in [0.3, 0.4) is 0 Å². The van der Waals surface area contributed by atoms with E-state index in [1.54, 1.807) is 6.07 Å². The average molecular weight is 352 g/mol. The van der Waals surface area contributed by atoms with Gasteiger partial charge in [0, 0.05) is 30.3 Å². The molecule has 6 heteroatoms. The van der Waals surface area contributed by atoms with Gasteiger partial charge in [-0.25, -0.2) is 4.39 Å². The molecule has 2 heterocycles. The number of halogens is 1. The third kappa shape index (κ3) is 3.60. The third-order valence-corrected chi connectivity index (χ3v) is 5.73. The SMILES string of the molecule is CCCCOC[C@H]1CC2(c3ccccc3F)N=C(N)SC[C@@H]2CO1. The summed E-state index contributed by atoms with van der Waals surface area (Å²) in [5.41, 5.74) is 6.00. The maximum Gasteiger partial charge on any atom is 0.154 e. The zero-order valence-electron chi connectivity index (χ0n) is 14.0. The van der Waals surface area contributed by atoms with Gasteiger partial charge in [0.2, 0.25) is 0 Å². The van der Waals surface area contributed by atoms with Crippen LogP contribution in [-0.2, 0) is 15.0 Å². The van der Waals surface area contributed by atoms with E-state index in [-0.39, 0.29) is 17.8 Å². The van der Waals surface area contributed by atoms with E-state index in [4.69, 9.17) is 20.2 Å². The van der Waals surface area contributed by atoms with E-state index in [0.717, 1.165) is 25.2 Å². The van der Waals surface area contributed by atoms with Crippen molar-refractivity contribution in [2.45, 2.75) is 37.8 Å². The van der Waals surface area contributed by atoms with Crippen LogP contribution >= 0.6 is 11.8 Å². The molecule has 0 saturated carbocycles. The summed E-state index contributed by atoms with van der Waals surface area (Å²) in [6.45, 7) is 3.94. The van der Waals surface area contributed by atoms with Crippen LogP contribution in [0.2, 0.25) is 0 Å². The molecule has 0 aromatic heterocycles. The molecule has 24 heavy (non-hydrogen) atoms. The number of benzene rings is 1. The predicted octanol–water partition coefficient (Wildman–Crippen LogP) is 3.30. The van der Waals surface area contributed by atoms with Gasteiger partial charge in [0.25, 0.3) is 0 Å². The fraction of sp³-hybridized carbons (Fsp3) is 0.611. The first-order valence-corrected chi connectivity index (χ1v) is 9.56. The van der Waals surface area contributed by atoms with Crippen LogP contribution in [0.5, 0.6) is 0 Å². The number of unbranched alkanes of at least 4 members (excludes halogenated alkanes) is 1. The molecule has 2 aliphatic heterocycles. The Morgan fingerprint density at radius 2 is 2.29 bits per heavy atom. The lowest BCUT2D eigenvalue weighted by atomic mass is 9.73. The largest absolute Gasteiger partial charge is 0.379 e. The number of thioether (sulfide) groups is 1. The third-order valence-electron chi connectivity index (χ3n) is 4.78. The second kappa shape index (κ2) is 7.85. The normalized spacial score (nSPS) is 29.8. The molecule has 0 amide bonds. The fourth-order valence-electron chi connectivity index (χ4n) is 3.47. The van der Waals surface area contributed by atoms with Crippen molar-refractivity contribution in [1.82, 2.24) is 0 Å². The number of nitrogens with zero attached hydrogens (tertiary/aromatic N) is 1. The Morgan fingerprint density at radius 1 is 1.46 bits per heavy atom. The molecule has 132 valence electrons. The molecule has 3 rings (SSSR count). The van der Waals surface area contributed by atoms with E-state index in [1.807, 2.05) is 12.1 Å². The molecular formula is C18H25FN2O2S. The minimum atomic E-state index is -0.641. The van der Waals surface area contributed by atoms with Gasteiger partial charge in [0.15, 0.2) is 5.17 Å². The summed E-state index contributed by atoms with van der Waals surface area (Å²) < 4.78 is 26.3. The molecule has 2 aliphatic rings. The Hall–Kier alpha value is -1.11. The van der Waals surface area contributed by atoms with Crippen LogP contribution < -0.4 is 5.73 Å². The van der Waals surface area contributed by atoms with Gasteiger partial charge in [0.05, 0.1) is 24.9 Å². The minimum Gasteiger partial charge on any atom is -0.379 e. The first-order valence-electron chi connectivity index (χ1n) is 8.58. The van der Waals surface area contributed by atoms with Crippen molar-refractivity contribution in [2.75, 3.05) is 25.6 Å². The average Bonchev–Trinajstić information content (AvgIpc) is 2.58. The van der Waals surface area contributed by atoms with Crippen molar-refractivity contribution < 1.29 is 13.9 Å². The van der Waals surface area contributed by atoms with Gasteiger partial charge in [-0.3, -0.25) is 4.99 Å². The second-order valence-corrected chi connectivity index (χ2v) is 7.49. The number of nitrogens with two attached hydrogens (primary N) is 1. The number of amidine groups is 1. The van der Waals surface area contributed by atoms with Gasteiger partial charge in [-0.15, -0.1) is 0 Å². The van der Waals surface area contributed by atoms with Crippen LogP contribution in [0.4, 0.5) is 4.39 Å². The van der Waals surface area contributed by atoms with Crippen LogP contribution in [-0.4, -0.2) is 36.8 Å². The summed E-state index contributed by atoms with van der Waals surface area (Å²) >= 11 is 1.52. The fourth-order valence-corrected chi connectivity index (χ4v) is 4.44. The van der Waals surface area contributed by atoms with Gasteiger partial charge in [-0.1, -0.05) is 43.3 Å². The molecule has 4 nitrogen and oxygen atoms in total. The van der Waals surface area contributed by atoms with Crippen molar-refractivity contribution in [2.24, 2.45) is 16.6 Å². The summed E-state index contributed by atoms with van der Waals surface area (Å²) in [6, 6.07) is 6.89. The van der Waals surface area contributed by atoms with Gasteiger partial charge in [0.1, 0.15) is 5.82 Å². The van der Waals surface area contributed by atoms with E-state index in [9.17, 15) is 4.39 Å². The lowest BCUT2D eigenvalue weighted by molar-refractivity contribution is -0.0881. The first kappa shape index (κ1) is 17.7. The Morgan fingerprint density at radius 3 is 3.08 bits per heavy atom. The summed E-state index contributed by atoms with van der Waals surface area (Å²) in [6.07, 6.45) is 2.66. The molecule has 1 unspecified atom stereocenters. The summed E-state index contributed by atoms with van der Waals surface area (Å²) in [5.74, 6) is 0.699. The Bertz CT molecular complexity index is 598. The van der Waals surface area contributed by atoms with Crippen molar-refractivity contribution in [1.29, 1.82) is 0 Å². The smallest absolute Gasteiger partial charge is 0.154 e. The van der Waals surface area contributed by atoms with Crippen molar-refractivity contribution in [3.63, 3.8) is 0 Å².